The van der Waals surface area contributed by atoms with Gasteiger partial charge in [0.2, 0.25) is 5.91 Å². The van der Waals surface area contributed by atoms with Crippen LogP contribution >= 0.6 is 0 Å². The van der Waals surface area contributed by atoms with Crippen molar-refractivity contribution in [3.8, 4) is 12.3 Å². The zero-order chi connectivity index (χ0) is 10.5. The second-order valence-corrected chi connectivity index (χ2v) is 4.18. The molecule has 0 aromatic carbocycles. The summed E-state index contributed by atoms with van der Waals surface area (Å²) in [6.45, 7) is 8.95. The van der Waals surface area contributed by atoms with Gasteiger partial charge in [0.15, 0.2) is 0 Å². The van der Waals surface area contributed by atoms with Crippen LogP contribution in [0.1, 0.15) is 34.1 Å². The Morgan fingerprint density at radius 3 is 2.31 bits per heavy atom. The fourth-order valence-electron chi connectivity index (χ4n) is 1.11. The molecular weight excluding hydrogens is 162 g/mol. The first-order valence-electron chi connectivity index (χ1n) is 4.66. The topological polar surface area (TPSA) is 20.3 Å². The summed E-state index contributed by atoms with van der Waals surface area (Å²) in [6.07, 6.45) is 6.14. The molecule has 0 aromatic heterocycles. The smallest absolute Gasteiger partial charge is 0.228 e. The van der Waals surface area contributed by atoms with E-state index in [1.54, 1.807) is 4.90 Å². The van der Waals surface area contributed by atoms with Crippen LogP contribution in [0.3, 0.4) is 0 Å². The summed E-state index contributed by atoms with van der Waals surface area (Å²) < 4.78 is 0. The van der Waals surface area contributed by atoms with Crippen LogP contribution in [0.4, 0.5) is 0 Å². The van der Waals surface area contributed by atoms with Crippen molar-refractivity contribution in [2.24, 2.45) is 5.41 Å². The van der Waals surface area contributed by atoms with E-state index >= 15 is 0 Å². The van der Waals surface area contributed by atoms with Gasteiger partial charge >= 0.3 is 0 Å². The Bertz CT molecular complexity index is 207. The third-order valence-electron chi connectivity index (χ3n) is 1.70. The van der Waals surface area contributed by atoms with Crippen LogP contribution in [-0.4, -0.2) is 23.9 Å². The molecule has 2 nitrogen and oxygen atoms in total. The first-order valence-corrected chi connectivity index (χ1v) is 4.66. The number of nitrogens with zero attached hydrogens (tertiary/aromatic N) is 1. The molecule has 0 unspecified atom stereocenters. The van der Waals surface area contributed by atoms with Crippen LogP contribution in [0.15, 0.2) is 0 Å². The molecule has 0 saturated heterocycles. The number of hydrogen-bond acceptors (Lipinski definition) is 1. The Morgan fingerprint density at radius 2 is 2.00 bits per heavy atom. The normalized spacial score (nSPS) is 10.7. The molecule has 0 aliphatic rings. The molecule has 2 heteroatoms. The molecular formula is C11H19NO. The van der Waals surface area contributed by atoms with Crippen molar-refractivity contribution in [1.29, 1.82) is 0 Å². The molecule has 0 heterocycles. The van der Waals surface area contributed by atoms with Gasteiger partial charge in [-0.3, -0.25) is 4.79 Å². The summed E-state index contributed by atoms with van der Waals surface area (Å²) in [7, 11) is 0. The lowest BCUT2D eigenvalue weighted by Crippen LogP contribution is -2.40. The van der Waals surface area contributed by atoms with Gasteiger partial charge in [-0.05, 0) is 6.42 Å². The molecule has 0 aromatic rings. The fraction of sp³-hybridized carbons (Fsp3) is 0.727. The molecule has 0 rings (SSSR count). The molecule has 0 atom stereocenters. The van der Waals surface area contributed by atoms with E-state index in [0.29, 0.717) is 6.54 Å². The van der Waals surface area contributed by atoms with E-state index in [-0.39, 0.29) is 11.3 Å². The van der Waals surface area contributed by atoms with Crippen molar-refractivity contribution in [1.82, 2.24) is 4.90 Å². The van der Waals surface area contributed by atoms with Gasteiger partial charge in [-0.25, -0.2) is 0 Å². The van der Waals surface area contributed by atoms with Crippen molar-refractivity contribution in [2.75, 3.05) is 13.1 Å². The van der Waals surface area contributed by atoms with E-state index in [4.69, 9.17) is 6.42 Å². The van der Waals surface area contributed by atoms with Crippen molar-refractivity contribution in [3.63, 3.8) is 0 Å². The molecule has 0 radical (unpaired) electrons. The van der Waals surface area contributed by atoms with E-state index in [9.17, 15) is 4.79 Å². The van der Waals surface area contributed by atoms with Gasteiger partial charge in [-0.2, -0.15) is 0 Å². The second kappa shape index (κ2) is 4.91. The Balaban J connectivity index is 4.38. The maximum absolute atomic E-state index is 11.8. The van der Waals surface area contributed by atoms with Gasteiger partial charge in [0.05, 0.1) is 6.54 Å². The number of hydrogen-bond donors (Lipinski definition) is 0. The summed E-state index contributed by atoms with van der Waals surface area (Å²) in [5.74, 6) is 2.64. The molecule has 13 heavy (non-hydrogen) atoms. The third kappa shape index (κ3) is 3.98. The highest BCUT2D eigenvalue weighted by Crippen LogP contribution is 2.17. The van der Waals surface area contributed by atoms with E-state index in [2.05, 4.69) is 5.92 Å². The summed E-state index contributed by atoms with van der Waals surface area (Å²) in [5.41, 5.74) is -0.327. The van der Waals surface area contributed by atoms with E-state index in [0.717, 1.165) is 13.0 Å². The highest BCUT2D eigenvalue weighted by Gasteiger charge is 2.25. The summed E-state index contributed by atoms with van der Waals surface area (Å²) in [4.78, 5) is 13.5. The molecule has 0 bridgehead atoms. The van der Waals surface area contributed by atoms with Gasteiger partial charge in [0, 0.05) is 12.0 Å². The van der Waals surface area contributed by atoms with Crippen molar-refractivity contribution < 1.29 is 4.79 Å². The standard InChI is InChI=1S/C11H19NO/c1-6-8-12(9-7-2)10(13)11(3,4)5/h1H,7-9H2,2-5H3. The minimum atomic E-state index is -0.327. The molecule has 74 valence electrons. The van der Waals surface area contributed by atoms with Crippen molar-refractivity contribution >= 4 is 5.91 Å². The molecule has 0 N–H and O–H groups in total. The molecule has 1 amide bonds. The minimum absolute atomic E-state index is 0.132. The summed E-state index contributed by atoms with van der Waals surface area (Å²) in [5, 5.41) is 0. The lowest BCUT2D eigenvalue weighted by molar-refractivity contribution is -0.138. The zero-order valence-electron chi connectivity index (χ0n) is 9.05. The Hall–Kier alpha value is -0.970. The maximum Gasteiger partial charge on any atom is 0.228 e. The van der Waals surface area contributed by atoms with Gasteiger partial charge in [0.25, 0.3) is 0 Å². The van der Waals surface area contributed by atoms with Crippen LogP contribution in [0.25, 0.3) is 0 Å². The van der Waals surface area contributed by atoms with Gasteiger partial charge in [-0.1, -0.05) is 33.6 Å². The molecule has 0 fully saturated rings. The number of amides is 1. The van der Waals surface area contributed by atoms with Crippen LogP contribution in [0.5, 0.6) is 0 Å². The SMILES string of the molecule is C#CCN(CCC)C(=O)C(C)(C)C. The highest BCUT2D eigenvalue weighted by atomic mass is 16.2. The molecule has 0 aliphatic carbocycles. The largest absolute Gasteiger partial charge is 0.331 e. The quantitative estimate of drug-likeness (QED) is 0.609. The predicted molar refractivity (Wildman–Crippen MR) is 55.2 cm³/mol. The van der Waals surface area contributed by atoms with Crippen LogP contribution in [-0.2, 0) is 4.79 Å². The lowest BCUT2D eigenvalue weighted by Gasteiger charge is -2.27. The monoisotopic (exact) mass is 181 g/mol. The zero-order valence-corrected chi connectivity index (χ0v) is 9.05. The van der Waals surface area contributed by atoms with Gasteiger partial charge in [0.1, 0.15) is 0 Å². The first-order chi connectivity index (χ1) is 5.93. The van der Waals surface area contributed by atoms with Crippen LogP contribution in [0.2, 0.25) is 0 Å². The lowest BCUT2D eigenvalue weighted by atomic mass is 9.94. The number of carbonyl (C=O) groups is 1. The van der Waals surface area contributed by atoms with Gasteiger partial charge in [-0.15, -0.1) is 6.42 Å². The van der Waals surface area contributed by atoms with Crippen LogP contribution in [0, 0.1) is 17.8 Å². The van der Waals surface area contributed by atoms with Crippen molar-refractivity contribution in [2.45, 2.75) is 34.1 Å². The number of terminal acetylenes is 1. The Labute approximate surface area is 81.3 Å². The first kappa shape index (κ1) is 12.0. The predicted octanol–water partition coefficient (Wildman–Crippen LogP) is 1.90. The Morgan fingerprint density at radius 1 is 1.46 bits per heavy atom. The summed E-state index contributed by atoms with van der Waals surface area (Å²) >= 11 is 0. The van der Waals surface area contributed by atoms with Crippen LogP contribution < -0.4 is 0 Å². The third-order valence-corrected chi connectivity index (χ3v) is 1.70. The van der Waals surface area contributed by atoms with Crippen molar-refractivity contribution in [3.05, 3.63) is 0 Å². The number of carbonyl (C=O) groups excluding carboxylic acids is 1. The second-order valence-electron chi connectivity index (χ2n) is 4.18. The van der Waals surface area contributed by atoms with E-state index < -0.39 is 0 Å². The molecule has 0 saturated carbocycles. The highest BCUT2D eigenvalue weighted by molar-refractivity contribution is 5.81. The molecule has 0 aliphatic heterocycles. The fourth-order valence-corrected chi connectivity index (χ4v) is 1.11. The average Bonchev–Trinajstić information content (AvgIpc) is 2.01. The number of rotatable bonds is 3. The average molecular weight is 181 g/mol. The maximum atomic E-state index is 11.8. The van der Waals surface area contributed by atoms with Gasteiger partial charge < -0.3 is 4.90 Å². The Kier molecular flexibility index (Phi) is 4.55. The summed E-state index contributed by atoms with van der Waals surface area (Å²) in [6, 6.07) is 0. The van der Waals surface area contributed by atoms with E-state index in [1.165, 1.54) is 0 Å². The van der Waals surface area contributed by atoms with E-state index in [1.807, 2.05) is 27.7 Å². The molecule has 0 spiro atoms. The minimum Gasteiger partial charge on any atom is -0.331 e.